The molecule has 0 bridgehead atoms. The van der Waals surface area contributed by atoms with Crippen molar-refractivity contribution in [1.82, 2.24) is 5.32 Å². The van der Waals surface area contributed by atoms with E-state index in [-0.39, 0.29) is 53.9 Å². The van der Waals surface area contributed by atoms with E-state index in [1.54, 1.807) is 47.6 Å². The Labute approximate surface area is 278 Å². The molecule has 0 aliphatic carbocycles. The summed E-state index contributed by atoms with van der Waals surface area (Å²) in [5.41, 5.74) is -0.795. The lowest BCUT2D eigenvalue weighted by Crippen LogP contribution is -2.27. The first-order valence-corrected chi connectivity index (χ1v) is 15.4. The van der Waals surface area contributed by atoms with Crippen molar-refractivity contribution in [3.63, 3.8) is 0 Å². The van der Waals surface area contributed by atoms with Crippen molar-refractivity contribution >= 4 is 41.6 Å². The van der Waals surface area contributed by atoms with Crippen LogP contribution in [-0.2, 0) is 36.7 Å². The molecule has 0 radical (unpaired) electrons. The summed E-state index contributed by atoms with van der Waals surface area (Å²) in [7, 11) is 1.36. The van der Waals surface area contributed by atoms with Gasteiger partial charge in [0, 0.05) is 24.7 Å². The van der Waals surface area contributed by atoms with E-state index in [1.165, 1.54) is 25.2 Å². The van der Waals surface area contributed by atoms with Gasteiger partial charge in [0.25, 0.3) is 5.91 Å². The van der Waals surface area contributed by atoms with E-state index in [9.17, 15) is 39.0 Å². The number of aryl methyl sites for hydroxylation is 2. The number of carboxylic acid groups (broad SMARTS) is 2. The van der Waals surface area contributed by atoms with Crippen LogP contribution in [-0.4, -0.2) is 70.9 Å². The molecule has 4 N–H and O–H groups in total. The maximum atomic E-state index is 13.7. The molecule has 0 aromatic heterocycles. The molecule has 3 rings (SSSR count). The molecule has 0 spiro atoms. The Morgan fingerprint density at radius 3 is 2.21 bits per heavy atom. The van der Waals surface area contributed by atoms with E-state index in [0.717, 1.165) is 0 Å². The summed E-state index contributed by atoms with van der Waals surface area (Å²) in [4.78, 5) is 76.2. The van der Waals surface area contributed by atoms with E-state index < -0.39 is 65.2 Å². The molecule has 1 aliphatic heterocycles. The number of ether oxygens (including phenoxy) is 4. The van der Waals surface area contributed by atoms with E-state index in [2.05, 4.69) is 10.6 Å². The van der Waals surface area contributed by atoms with Crippen molar-refractivity contribution in [2.75, 3.05) is 19.0 Å². The van der Waals surface area contributed by atoms with Crippen molar-refractivity contribution in [3.8, 4) is 11.5 Å². The molecule has 1 aliphatic rings. The number of carboxylic acids is 2. The van der Waals surface area contributed by atoms with Crippen molar-refractivity contribution < 1.29 is 57.9 Å². The lowest BCUT2D eigenvalue weighted by atomic mass is 9.88. The molecule has 14 nitrogen and oxygen atoms in total. The summed E-state index contributed by atoms with van der Waals surface area (Å²) in [6.45, 7) is 10.2. The van der Waals surface area contributed by atoms with Gasteiger partial charge in [0.15, 0.2) is 11.5 Å². The molecular formula is C34H42N2O12. The SMILES string of the molecule is CNC(=O)c1c(CCC(=O)OC(C)(C)C)cc(C(CC(=O)O)C(=O)O)c2c1OCCCc1cc(NC(=O)OC(C)(C)C)ccc1C(=O)O2. The molecule has 2 aromatic carbocycles. The molecule has 2 aromatic rings. The highest BCUT2D eigenvalue weighted by molar-refractivity contribution is 6.01. The van der Waals surface area contributed by atoms with Crippen LogP contribution < -0.4 is 20.1 Å². The lowest BCUT2D eigenvalue weighted by molar-refractivity contribution is -0.154. The number of rotatable bonds is 9. The third kappa shape index (κ3) is 10.2. The first-order chi connectivity index (χ1) is 22.3. The molecule has 14 heteroatoms. The van der Waals surface area contributed by atoms with Gasteiger partial charge >= 0.3 is 30.0 Å². The molecule has 1 heterocycles. The first kappa shape index (κ1) is 37.3. The third-order valence-electron chi connectivity index (χ3n) is 6.87. The van der Waals surface area contributed by atoms with Crippen LogP contribution in [0.25, 0.3) is 0 Å². The fourth-order valence-electron chi connectivity index (χ4n) is 5.01. The summed E-state index contributed by atoms with van der Waals surface area (Å²) in [5, 5.41) is 24.8. The topological polar surface area (TPSA) is 204 Å². The largest absolute Gasteiger partial charge is 0.489 e. The van der Waals surface area contributed by atoms with Crippen molar-refractivity contribution in [3.05, 3.63) is 52.1 Å². The van der Waals surface area contributed by atoms with Crippen molar-refractivity contribution in [2.24, 2.45) is 0 Å². The molecule has 2 amide bonds. The van der Waals surface area contributed by atoms with Gasteiger partial charge in [-0.2, -0.15) is 0 Å². The molecule has 0 fully saturated rings. The van der Waals surface area contributed by atoms with Crippen LogP contribution in [0.4, 0.5) is 10.5 Å². The Morgan fingerprint density at radius 2 is 1.62 bits per heavy atom. The Morgan fingerprint density at radius 1 is 0.958 bits per heavy atom. The van der Waals surface area contributed by atoms with Gasteiger partial charge in [-0.25, -0.2) is 9.59 Å². The van der Waals surface area contributed by atoms with Crippen LogP contribution >= 0.6 is 0 Å². The average Bonchev–Trinajstić information content (AvgIpc) is 2.95. The highest BCUT2D eigenvalue weighted by atomic mass is 16.6. The number of carbonyl (C=O) groups excluding carboxylic acids is 4. The predicted octanol–water partition coefficient (Wildman–Crippen LogP) is 4.85. The summed E-state index contributed by atoms with van der Waals surface area (Å²) < 4.78 is 22.5. The quantitative estimate of drug-likeness (QED) is 0.209. The maximum Gasteiger partial charge on any atom is 0.412 e. The van der Waals surface area contributed by atoms with Gasteiger partial charge in [0.05, 0.1) is 30.1 Å². The minimum absolute atomic E-state index is 0.0384. The first-order valence-electron chi connectivity index (χ1n) is 15.4. The minimum Gasteiger partial charge on any atom is -0.489 e. The number of hydrogen-bond acceptors (Lipinski definition) is 10. The highest BCUT2D eigenvalue weighted by Gasteiger charge is 2.35. The summed E-state index contributed by atoms with van der Waals surface area (Å²) >= 11 is 0. The lowest BCUT2D eigenvalue weighted by Gasteiger charge is -2.25. The Balaban J connectivity index is 2.19. The Kier molecular flexibility index (Phi) is 11.8. The van der Waals surface area contributed by atoms with Crippen LogP contribution in [0.1, 0.15) is 104 Å². The number of anilines is 1. The Bertz CT molecular complexity index is 1600. The Hall–Kier alpha value is -5.14. The van der Waals surface area contributed by atoms with Crippen molar-refractivity contribution in [1.29, 1.82) is 0 Å². The minimum atomic E-state index is -1.73. The summed E-state index contributed by atoms with van der Waals surface area (Å²) in [5.74, 6) is -7.59. The number of hydrogen-bond donors (Lipinski definition) is 4. The molecular weight excluding hydrogens is 628 g/mol. The van der Waals surface area contributed by atoms with E-state index >= 15 is 0 Å². The molecule has 1 unspecified atom stereocenters. The second-order valence-corrected chi connectivity index (χ2v) is 13.2. The van der Waals surface area contributed by atoms with Crippen LogP contribution in [0.15, 0.2) is 24.3 Å². The average molecular weight is 671 g/mol. The predicted molar refractivity (Wildman–Crippen MR) is 172 cm³/mol. The van der Waals surface area contributed by atoms with Gasteiger partial charge in [-0.15, -0.1) is 0 Å². The van der Waals surface area contributed by atoms with Gasteiger partial charge in [0.1, 0.15) is 11.2 Å². The van der Waals surface area contributed by atoms with Gasteiger partial charge in [-0.05, 0) is 90.1 Å². The molecule has 1 atom stereocenters. The number of nitrogens with one attached hydrogen (secondary N) is 2. The smallest absolute Gasteiger partial charge is 0.412 e. The molecule has 48 heavy (non-hydrogen) atoms. The fourth-order valence-corrected chi connectivity index (χ4v) is 5.01. The number of carbonyl (C=O) groups is 6. The highest BCUT2D eigenvalue weighted by Crippen LogP contribution is 2.44. The third-order valence-corrected chi connectivity index (χ3v) is 6.87. The van der Waals surface area contributed by atoms with E-state index in [1.807, 2.05) is 0 Å². The van der Waals surface area contributed by atoms with Gasteiger partial charge in [-0.1, -0.05) is 6.07 Å². The van der Waals surface area contributed by atoms with Crippen LogP contribution in [0, 0.1) is 0 Å². The van der Waals surface area contributed by atoms with Gasteiger partial charge in [-0.3, -0.25) is 24.5 Å². The normalized spacial score (nSPS) is 13.8. The maximum absolute atomic E-state index is 13.7. The number of benzene rings is 2. The summed E-state index contributed by atoms with van der Waals surface area (Å²) in [6, 6.07) is 5.72. The summed E-state index contributed by atoms with van der Waals surface area (Å²) in [6.07, 6.45) is -1.32. The van der Waals surface area contributed by atoms with Crippen LogP contribution in [0.3, 0.4) is 0 Å². The van der Waals surface area contributed by atoms with Crippen molar-refractivity contribution in [2.45, 2.75) is 90.8 Å². The van der Waals surface area contributed by atoms with Crippen LogP contribution in [0.5, 0.6) is 11.5 Å². The monoisotopic (exact) mass is 670 g/mol. The zero-order chi connectivity index (χ0) is 36.0. The number of fused-ring (bicyclic) bond motifs is 2. The molecule has 260 valence electrons. The zero-order valence-electron chi connectivity index (χ0n) is 28.1. The molecule has 0 saturated carbocycles. The van der Waals surface area contributed by atoms with E-state index in [4.69, 9.17) is 18.9 Å². The standard InChI is InChI=1S/C34H42N2O12/c1-33(2,3)47-25(39)13-10-19-16-22(23(30(41)42)17-24(37)38)27-28(26(19)29(40)35-7)45-14-8-9-18-15-20(11-12-21(18)31(43)46-27)36-32(44)48-34(4,5)6/h11-12,15-16,23H,8-10,13-14,17H2,1-7H3,(H,35,40)(H,36,44)(H,37,38)(H,41,42). The van der Waals surface area contributed by atoms with Gasteiger partial charge < -0.3 is 34.5 Å². The number of esters is 2. The second-order valence-electron chi connectivity index (χ2n) is 13.2. The molecule has 0 saturated heterocycles. The number of aliphatic carboxylic acids is 2. The second kappa shape index (κ2) is 15.2. The number of amides is 2. The van der Waals surface area contributed by atoms with E-state index in [0.29, 0.717) is 17.7 Å². The fraction of sp³-hybridized carbons (Fsp3) is 0.471. The van der Waals surface area contributed by atoms with Gasteiger partial charge in [0.2, 0.25) is 0 Å². The zero-order valence-corrected chi connectivity index (χ0v) is 28.1. The van der Waals surface area contributed by atoms with Crippen LogP contribution in [0.2, 0.25) is 0 Å².